The molecular weight excluding hydrogens is 286 g/mol. The number of nitrogen functional groups attached to an aromatic ring is 1. The Hall–Kier alpha value is -3.08. The molecule has 116 valence electrons. The van der Waals surface area contributed by atoms with E-state index in [0.717, 1.165) is 28.6 Å². The molecule has 0 aliphatic carbocycles. The Morgan fingerprint density at radius 1 is 0.783 bits per heavy atom. The van der Waals surface area contributed by atoms with Crippen LogP contribution in [0.3, 0.4) is 0 Å². The lowest BCUT2D eigenvalue weighted by Crippen LogP contribution is -2.02. The standard InChI is InChI=1S/C18H19N5/c1-12-3-7-16(8-4-12)22-18-20-13(2)11-17(23-18)21-15-9-5-14(19)6-10-15/h3-11H,19H2,1-2H3,(H2,20,21,22,23). The molecule has 1 heterocycles. The molecule has 3 rings (SSSR count). The highest BCUT2D eigenvalue weighted by atomic mass is 15.1. The molecule has 0 atom stereocenters. The van der Waals surface area contributed by atoms with Crippen LogP contribution in [0.25, 0.3) is 0 Å². The molecule has 0 amide bonds. The molecule has 1 aromatic heterocycles. The minimum absolute atomic E-state index is 0.562. The average Bonchev–Trinajstić information content (AvgIpc) is 2.51. The number of nitrogens with two attached hydrogens (primary N) is 1. The molecule has 0 saturated carbocycles. The van der Waals surface area contributed by atoms with E-state index in [-0.39, 0.29) is 0 Å². The molecular formula is C18H19N5. The van der Waals surface area contributed by atoms with Crippen LogP contribution in [-0.2, 0) is 0 Å². The predicted molar refractivity (Wildman–Crippen MR) is 95.4 cm³/mol. The van der Waals surface area contributed by atoms with Gasteiger partial charge < -0.3 is 16.4 Å². The summed E-state index contributed by atoms with van der Waals surface area (Å²) < 4.78 is 0. The lowest BCUT2D eigenvalue weighted by atomic mass is 10.2. The molecule has 0 unspecified atom stereocenters. The number of hydrogen-bond donors (Lipinski definition) is 3. The van der Waals surface area contributed by atoms with Crippen LogP contribution < -0.4 is 16.4 Å². The quantitative estimate of drug-likeness (QED) is 0.631. The van der Waals surface area contributed by atoms with Gasteiger partial charge in [-0.15, -0.1) is 0 Å². The third kappa shape index (κ3) is 3.97. The Balaban J connectivity index is 1.81. The molecule has 23 heavy (non-hydrogen) atoms. The van der Waals surface area contributed by atoms with Crippen LogP contribution >= 0.6 is 0 Å². The topological polar surface area (TPSA) is 75.9 Å². The van der Waals surface area contributed by atoms with Crippen LogP contribution in [0.4, 0.5) is 28.8 Å². The number of hydrogen-bond acceptors (Lipinski definition) is 5. The molecule has 4 N–H and O–H groups in total. The van der Waals surface area contributed by atoms with Crippen molar-refractivity contribution in [2.45, 2.75) is 13.8 Å². The minimum atomic E-state index is 0.562. The van der Waals surface area contributed by atoms with E-state index in [2.05, 4.69) is 27.5 Å². The van der Waals surface area contributed by atoms with Gasteiger partial charge in [-0.1, -0.05) is 17.7 Å². The van der Waals surface area contributed by atoms with Gasteiger partial charge in [-0.25, -0.2) is 4.98 Å². The lowest BCUT2D eigenvalue weighted by Gasteiger charge is -2.10. The maximum absolute atomic E-state index is 5.70. The first-order valence-corrected chi connectivity index (χ1v) is 7.40. The third-order valence-corrected chi connectivity index (χ3v) is 3.35. The zero-order chi connectivity index (χ0) is 16.2. The number of nitrogens with zero attached hydrogens (tertiary/aromatic N) is 2. The van der Waals surface area contributed by atoms with Gasteiger partial charge >= 0.3 is 0 Å². The summed E-state index contributed by atoms with van der Waals surface area (Å²) in [5.41, 5.74) is 10.4. The van der Waals surface area contributed by atoms with E-state index in [1.165, 1.54) is 5.56 Å². The Labute approximate surface area is 135 Å². The van der Waals surface area contributed by atoms with E-state index in [4.69, 9.17) is 5.73 Å². The monoisotopic (exact) mass is 305 g/mol. The van der Waals surface area contributed by atoms with Gasteiger partial charge in [-0.05, 0) is 50.2 Å². The number of nitrogens with one attached hydrogen (secondary N) is 2. The summed E-state index contributed by atoms with van der Waals surface area (Å²) in [5.74, 6) is 1.30. The van der Waals surface area contributed by atoms with Gasteiger partial charge in [0, 0.05) is 28.8 Å². The summed E-state index contributed by atoms with van der Waals surface area (Å²) in [5, 5.41) is 6.49. The molecule has 0 aliphatic heterocycles. The Morgan fingerprint density at radius 3 is 2.09 bits per heavy atom. The van der Waals surface area contributed by atoms with Crippen molar-refractivity contribution in [3.05, 3.63) is 65.9 Å². The molecule has 0 radical (unpaired) electrons. The van der Waals surface area contributed by atoms with E-state index >= 15 is 0 Å². The van der Waals surface area contributed by atoms with Crippen LogP contribution in [-0.4, -0.2) is 9.97 Å². The molecule has 2 aromatic carbocycles. The van der Waals surface area contributed by atoms with Crippen molar-refractivity contribution in [1.29, 1.82) is 0 Å². The van der Waals surface area contributed by atoms with Crippen LogP contribution in [0.2, 0.25) is 0 Å². The summed E-state index contributed by atoms with van der Waals surface area (Å²) in [7, 11) is 0. The van der Waals surface area contributed by atoms with Crippen molar-refractivity contribution in [1.82, 2.24) is 9.97 Å². The number of rotatable bonds is 4. The van der Waals surface area contributed by atoms with Crippen LogP contribution in [0.5, 0.6) is 0 Å². The minimum Gasteiger partial charge on any atom is -0.399 e. The second-order valence-electron chi connectivity index (χ2n) is 5.46. The maximum Gasteiger partial charge on any atom is 0.229 e. The second kappa shape index (κ2) is 6.36. The fourth-order valence-electron chi connectivity index (χ4n) is 2.17. The van der Waals surface area contributed by atoms with Gasteiger partial charge in [0.05, 0.1) is 0 Å². The summed E-state index contributed by atoms with van der Waals surface area (Å²) >= 11 is 0. The number of aromatic nitrogens is 2. The molecule has 3 aromatic rings. The molecule has 0 spiro atoms. The predicted octanol–water partition coefficient (Wildman–Crippen LogP) is 4.16. The Morgan fingerprint density at radius 2 is 1.39 bits per heavy atom. The number of anilines is 5. The van der Waals surface area contributed by atoms with Gasteiger partial charge in [0.1, 0.15) is 5.82 Å². The highest BCUT2D eigenvalue weighted by Crippen LogP contribution is 2.20. The molecule has 5 nitrogen and oxygen atoms in total. The number of benzene rings is 2. The van der Waals surface area contributed by atoms with E-state index in [9.17, 15) is 0 Å². The first-order valence-electron chi connectivity index (χ1n) is 7.40. The lowest BCUT2D eigenvalue weighted by molar-refractivity contribution is 1.11. The van der Waals surface area contributed by atoms with Gasteiger partial charge in [-0.3, -0.25) is 0 Å². The van der Waals surface area contributed by atoms with Crippen molar-refractivity contribution < 1.29 is 0 Å². The highest BCUT2D eigenvalue weighted by molar-refractivity contribution is 5.61. The van der Waals surface area contributed by atoms with Crippen molar-refractivity contribution in [2.75, 3.05) is 16.4 Å². The van der Waals surface area contributed by atoms with Gasteiger partial charge in [0.15, 0.2) is 0 Å². The smallest absolute Gasteiger partial charge is 0.229 e. The second-order valence-corrected chi connectivity index (χ2v) is 5.46. The molecule has 0 saturated heterocycles. The normalized spacial score (nSPS) is 10.3. The summed E-state index contributed by atoms with van der Waals surface area (Å²) in [6.07, 6.45) is 0. The summed E-state index contributed by atoms with van der Waals surface area (Å²) in [6, 6.07) is 17.5. The zero-order valence-electron chi connectivity index (χ0n) is 13.2. The maximum atomic E-state index is 5.70. The summed E-state index contributed by atoms with van der Waals surface area (Å²) in [4.78, 5) is 8.93. The van der Waals surface area contributed by atoms with Crippen LogP contribution in [0.1, 0.15) is 11.3 Å². The first kappa shape index (κ1) is 14.8. The van der Waals surface area contributed by atoms with Crippen molar-refractivity contribution >= 4 is 28.8 Å². The highest BCUT2D eigenvalue weighted by Gasteiger charge is 2.04. The first-order chi connectivity index (χ1) is 11.1. The molecule has 0 bridgehead atoms. The third-order valence-electron chi connectivity index (χ3n) is 3.35. The fourth-order valence-corrected chi connectivity index (χ4v) is 2.17. The Kier molecular flexibility index (Phi) is 4.10. The summed E-state index contributed by atoms with van der Waals surface area (Å²) in [6.45, 7) is 4.00. The van der Waals surface area contributed by atoms with Crippen molar-refractivity contribution in [3.63, 3.8) is 0 Å². The van der Waals surface area contributed by atoms with E-state index in [0.29, 0.717) is 5.95 Å². The largest absolute Gasteiger partial charge is 0.399 e. The number of aryl methyl sites for hydroxylation is 2. The molecule has 0 aliphatic rings. The fraction of sp³-hybridized carbons (Fsp3) is 0.111. The average molecular weight is 305 g/mol. The van der Waals surface area contributed by atoms with Crippen molar-refractivity contribution in [2.24, 2.45) is 0 Å². The SMILES string of the molecule is Cc1ccc(Nc2nc(C)cc(Nc3ccc(N)cc3)n2)cc1. The van der Waals surface area contributed by atoms with Crippen molar-refractivity contribution in [3.8, 4) is 0 Å². The van der Waals surface area contributed by atoms with E-state index < -0.39 is 0 Å². The van der Waals surface area contributed by atoms with E-state index in [1.54, 1.807) is 0 Å². The van der Waals surface area contributed by atoms with Gasteiger partial charge in [0.25, 0.3) is 0 Å². The Bertz CT molecular complexity index is 729. The van der Waals surface area contributed by atoms with Gasteiger partial charge in [0.2, 0.25) is 5.95 Å². The zero-order valence-corrected chi connectivity index (χ0v) is 13.2. The molecule has 0 fully saturated rings. The molecule has 5 heteroatoms. The van der Waals surface area contributed by atoms with Crippen LogP contribution in [0.15, 0.2) is 54.6 Å². The van der Waals surface area contributed by atoms with Gasteiger partial charge in [-0.2, -0.15) is 4.98 Å². The van der Waals surface area contributed by atoms with E-state index in [1.807, 2.05) is 61.5 Å². The van der Waals surface area contributed by atoms with Crippen LogP contribution in [0, 0.1) is 13.8 Å².